The Balaban J connectivity index is 2.43. The van der Waals surface area contributed by atoms with Gasteiger partial charge in [0, 0.05) is 0 Å². The van der Waals surface area contributed by atoms with Gasteiger partial charge in [-0.25, -0.2) is 0 Å². The standard InChI is InChI=1S/C14H23O3P/c1-4-16-18(15,17-5-2)12-6-7-14-10-8-13(3)9-11-14/h8-11H,4-7,12H2,1-3H3. The van der Waals surface area contributed by atoms with Gasteiger partial charge in [0.25, 0.3) is 0 Å². The van der Waals surface area contributed by atoms with Crippen LogP contribution in [-0.2, 0) is 20.0 Å². The molecule has 0 radical (unpaired) electrons. The van der Waals surface area contributed by atoms with Crippen molar-refractivity contribution in [1.82, 2.24) is 0 Å². The van der Waals surface area contributed by atoms with Gasteiger partial charge in [-0.15, -0.1) is 0 Å². The number of benzene rings is 1. The highest BCUT2D eigenvalue weighted by atomic mass is 31.2. The molecular weight excluding hydrogens is 247 g/mol. The molecule has 0 bridgehead atoms. The van der Waals surface area contributed by atoms with Crippen LogP contribution < -0.4 is 0 Å². The minimum absolute atomic E-state index is 0.432. The second-order valence-corrected chi connectivity index (χ2v) is 6.44. The van der Waals surface area contributed by atoms with Gasteiger partial charge in [0.2, 0.25) is 0 Å². The first-order chi connectivity index (χ1) is 8.59. The SMILES string of the molecule is CCOP(=O)(CCCc1ccc(C)cc1)OCC. The van der Waals surface area contributed by atoms with Gasteiger partial charge < -0.3 is 9.05 Å². The number of rotatable bonds is 8. The van der Waals surface area contributed by atoms with Crippen molar-refractivity contribution in [1.29, 1.82) is 0 Å². The van der Waals surface area contributed by atoms with Crippen LogP contribution in [0.3, 0.4) is 0 Å². The lowest BCUT2D eigenvalue weighted by atomic mass is 10.1. The molecule has 0 fully saturated rings. The first-order valence-corrected chi connectivity index (χ1v) is 8.26. The highest BCUT2D eigenvalue weighted by molar-refractivity contribution is 7.53. The minimum Gasteiger partial charge on any atom is -0.309 e. The molecule has 1 rings (SSSR count). The molecule has 4 heteroatoms. The van der Waals surface area contributed by atoms with E-state index in [1.165, 1.54) is 11.1 Å². The molecule has 3 nitrogen and oxygen atoms in total. The van der Waals surface area contributed by atoms with Gasteiger partial charge in [-0.1, -0.05) is 29.8 Å². The Morgan fingerprint density at radius 3 is 2.11 bits per heavy atom. The molecule has 0 aromatic heterocycles. The van der Waals surface area contributed by atoms with Gasteiger partial charge in [0.15, 0.2) is 0 Å². The van der Waals surface area contributed by atoms with Crippen molar-refractivity contribution in [2.45, 2.75) is 33.6 Å². The van der Waals surface area contributed by atoms with E-state index < -0.39 is 7.60 Å². The van der Waals surface area contributed by atoms with Crippen molar-refractivity contribution in [2.24, 2.45) is 0 Å². The van der Waals surface area contributed by atoms with Crippen LogP contribution in [0.2, 0.25) is 0 Å². The summed E-state index contributed by atoms with van der Waals surface area (Å²) < 4.78 is 22.7. The molecule has 0 saturated carbocycles. The molecule has 1 aromatic carbocycles. The maximum Gasteiger partial charge on any atom is 0.330 e. The summed E-state index contributed by atoms with van der Waals surface area (Å²) in [6, 6.07) is 8.42. The van der Waals surface area contributed by atoms with Crippen LogP contribution in [0.5, 0.6) is 0 Å². The molecular formula is C14H23O3P. The summed E-state index contributed by atoms with van der Waals surface area (Å²) in [4.78, 5) is 0. The fourth-order valence-electron chi connectivity index (χ4n) is 1.79. The van der Waals surface area contributed by atoms with Crippen LogP contribution in [0, 0.1) is 6.92 Å². The molecule has 0 aliphatic carbocycles. The predicted molar refractivity (Wildman–Crippen MR) is 75.2 cm³/mol. The molecule has 0 N–H and O–H groups in total. The maximum atomic E-state index is 12.2. The summed E-state index contributed by atoms with van der Waals surface area (Å²) in [5.74, 6) is 0. The van der Waals surface area contributed by atoms with Gasteiger partial charge in [0.05, 0.1) is 19.4 Å². The Hall–Kier alpha value is -0.630. The van der Waals surface area contributed by atoms with Gasteiger partial charge in [-0.3, -0.25) is 4.57 Å². The average Bonchev–Trinajstić information content (AvgIpc) is 2.32. The first-order valence-electron chi connectivity index (χ1n) is 6.53. The van der Waals surface area contributed by atoms with Gasteiger partial charge >= 0.3 is 7.60 Å². The predicted octanol–water partition coefficient (Wildman–Crippen LogP) is 4.19. The summed E-state index contributed by atoms with van der Waals surface area (Å²) in [7, 11) is -2.87. The summed E-state index contributed by atoms with van der Waals surface area (Å²) in [5.41, 5.74) is 2.52. The van der Waals surface area contributed by atoms with Crippen molar-refractivity contribution in [3.8, 4) is 0 Å². The molecule has 1 aromatic rings. The van der Waals surface area contributed by atoms with Crippen molar-refractivity contribution in [2.75, 3.05) is 19.4 Å². The fraction of sp³-hybridized carbons (Fsp3) is 0.571. The van der Waals surface area contributed by atoms with E-state index >= 15 is 0 Å². The largest absolute Gasteiger partial charge is 0.330 e. The van der Waals surface area contributed by atoms with E-state index in [2.05, 4.69) is 31.2 Å². The highest BCUT2D eigenvalue weighted by Crippen LogP contribution is 2.48. The van der Waals surface area contributed by atoms with E-state index in [4.69, 9.17) is 9.05 Å². The monoisotopic (exact) mass is 270 g/mol. The van der Waals surface area contributed by atoms with Crippen LogP contribution in [0.1, 0.15) is 31.4 Å². The lowest BCUT2D eigenvalue weighted by Crippen LogP contribution is -2.01. The molecule has 0 atom stereocenters. The Kier molecular flexibility index (Phi) is 6.62. The first kappa shape index (κ1) is 15.4. The summed E-state index contributed by atoms with van der Waals surface area (Å²) >= 11 is 0. The molecule has 0 spiro atoms. The Morgan fingerprint density at radius 1 is 1.06 bits per heavy atom. The van der Waals surface area contributed by atoms with Crippen LogP contribution in [0.25, 0.3) is 0 Å². The third-order valence-electron chi connectivity index (χ3n) is 2.67. The zero-order valence-corrected chi connectivity index (χ0v) is 12.4. The lowest BCUT2D eigenvalue weighted by molar-refractivity contribution is 0.220. The molecule has 0 aliphatic heterocycles. The molecule has 102 valence electrons. The molecule has 18 heavy (non-hydrogen) atoms. The van der Waals surface area contributed by atoms with Crippen molar-refractivity contribution in [3.05, 3.63) is 35.4 Å². The van der Waals surface area contributed by atoms with E-state index in [1.807, 2.05) is 13.8 Å². The van der Waals surface area contributed by atoms with E-state index in [-0.39, 0.29) is 0 Å². The second-order valence-electron chi connectivity index (χ2n) is 4.26. The van der Waals surface area contributed by atoms with Crippen molar-refractivity contribution in [3.63, 3.8) is 0 Å². The molecule has 0 aliphatic rings. The van der Waals surface area contributed by atoms with E-state index in [0.717, 1.165) is 12.8 Å². The number of aryl methyl sites for hydroxylation is 2. The second kappa shape index (κ2) is 7.73. The average molecular weight is 270 g/mol. The summed E-state index contributed by atoms with van der Waals surface area (Å²) in [5, 5.41) is 0. The molecule has 0 saturated heterocycles. The van der Waals surface area contributed by atoms with Crippen molar-refractivity contribution >= 4 is 7.60 Å². The summed E-state index contributed by atoms with van der Waals surface area (Å²) in [6.07, 6.45) is 2.22. The van der Waals surface area contributed by atoms with E-state index in [1.54, 1.807) is 0 Å². The number of hydrogen-bond acceptors (Lipinski definition) is 3. The topological polar surface area (TPSA) is 35.5 Å². The van der Waals surface area contributed by atoms with Gasteiger partial charge in [-0.05, 0) is 39.2 Å². The Bertz CT molecular complexity index is 377. The number of hydrogen-bond donors (Lipinski definition) is 0. The third-order valence-corrected chi connectivity index (χ3v) is 4.84. The maximum absolute atomic E-state index is 12.2. The van der Waals surface area contributed by atoms with Crippen molar-refractivity contribution < 1.29 is 13.6 Å². The normalized spacial score (nSPS) is 11.7. The third kappa shape index (κ3) is 5.34. The minimum atomic E-state index is -2.87. The van der Waals surface area contributed by atoms with E-state index in [0.29, 0.717) is 19.4 Å². The van der Waals surface area contributed by atoms with Gasteiger partial charge in [-0.2, -0.15) is 0 Å². The lowest BCUT2D eigenvalue weighted by Gasteiger charge is -2.16. The molecule has 0 amide bonds. The van der Waals surface area contributed by atoms with Crippen LogP contribution in [0.15, 0.2) is 24.3 Å². The quantitative estimate of drug-likeness (QED) is 0.664. The van der Waals surface area contributed by atoms with Crippen LogP contribution in [0.4, 0.5) is 0 Å². The van der Waals surface area contributed by atoms with E-state index in [9.17, 15) is 4.57 Å². The smallest absolute Gasteiger partial charge is 0.309 e. The molecule has 0 unspecified atom stereocenters. The Labute approximate surface area is 110 Å². The van der Waals surface area contributed by atoms with Crippen LogP contribution in [-0.4, -0.2) is 19.4 Å². The summed E-state index contributed by atoms with van der Waals surface area (Å²) in [6.45, 7) is 6.61. The van der Waals surface area contributed by atoms with Crippen LogP contribution >= 0.6 is 7.60 Å². The highest BCUT2D eigenvalue weighted by Gasteiger charge is 2.22. The fourth-order valence-corrected chi connectivity index (χ4v) is 3.46. The molecule has 0 heterocycles. The Morgan fingerprint density at radius 2 is 1.61 bits per heavy atom. The zero-order chi connectivity index (χ0) is 13.4. The zero-order valence-electron chi connectivity index (χ0n) is 11.5. The van der Waals surface area contributed by atoms with Gasteiger partial charge in [0.1, 0.15) is 0 Å².